The standard InChI is InChI=1S/C27H36O6/c1-7-12-32-22-14-21-23(18(27(22)31-6)11-9-16(4)5)26(30)24-20(33-21)13-19(28)17(25(24)29)10-8-15(2)3/h13-16,28-29H,7-12H2,1-6H3. The molecule has 6 heteroatoms. The van der Waals surface area contributed by atoms with Gasteiger partial charge in [0.1, 0.15) is 28.1 Å². The molecule has 0 radical (unpaired) electrons. The van der Waals surface area contributed by atoms with Gasteiger partial charge in [0.15, 0.2) is 11.5 Å². The molecule has 0 spiro atoms. The molecule has 33 heavy (non-hydrogen) atoms. The molecule has 0 bridgehead atoms. The van der Waals surface area contributed by atoms with Gasteiger partial charge in [-0.05, 0) is 43.9 Å². The number of methoxy groups -OCH3 is 1. The van der Waals surface area contributed by atoms with Crippen molar-refractivity contribution < 1.29 is 24.1 Å². The van der Waals surface area contributed by atoms with Gasteiger partial charge in [0, 0.05) is 23.3 Å². The Morgan fingerprint density at radius 3 is 2.12 bits per heavy atom. The van der Waals surface area contributed by atoms with Crippen molar-refractivity contribution in [2.75, 3.05) is 13.7 Å². The Morgan fingerprint density at radius 1 is 0.939 bits per heavy atom. The minimum atomic E-state index is -0.325. The lowest BCUT2D eigenvalue weighted by Crippen LogP contribution is -2.10. The first-order valence-corrected chi connectivity index (χ1v) is 11.9. The quantitative estimate of drug-likeness (QED) is 0.346. The Bertz CT molecular complexity index is 1190. The third kappa shape index (κ3) is 5.05. The summed E-state index contributed by atoms with van der Waals surface area (Å²) >= 11 is 0. The van der Waals surface area contributed by atoms with Crippen LogP contribution in [0.2, 0.25) is 0 Å². The highest BCUT2D eigenvalue weighted by atomic mass is 16.5. The van der Waals surface area contributed by atoms with Crippen LogP contribution >= 0.6 is 0 Å². The fraction of sp³-hybridized carbons (Fsp3) is 0.519. The zero-order valence-electron chi connectivity index (χ0n) is 20.6. The van der Waals surface area contributed by atoms with E-state index in [1.165, 1.54) is 6.07 Å². The highest BCUT2D eigenvalue weighted by molar-refractivity contribution is 5.97. The maximum atomic E-state index is 13.8. The second kappa shape index (κ2) is 10.4. The van der Waals surface area contributed by atoms with Crippen LogP contribution in [0.4, 0.5) is 0 Å². The van der Waals surface area contributed by atoms with Gasteiger partial charge >= 0.3 is 0 Å². The van der Waals surface area contributed by atoms with Crippen molar-refractivity contribution in [2.24, 2.45) is 11.8 Å². The van der Waals surface area contributed by atoms with Crippen molar-refractivity contribution in [1.82, 2.24) is 0 Å². The van der Waals surface area contributed by atoms with Crippen molar-refractivity contribution in [3.05, 3.63) is 33.5 Å². The fourth-order valence-electron chi connectivity index (χ4n) is 4.11. The lowest BCUT2D eigenvalue weighted by Gasteiger charge is -2.18. The Morgan fingerprint density at radius 2 is 1.55 bits per heavy atom. The minimum absolute atomic E-state index is 0.0702. The Kier molecular flexibility index (Phi) is 7.77. The van der Waals surface area contributed by atoms with E-state index in [1.54, 1.807) is 13.2 Å². The van der Waals surface area contributed by atoms with Gasteiger partial charge in [0.05, 0.1) is 19.1 Å². The molecule has 0 amide bonds. The molecule has 2 aromatic carbocycles. The second-order valence-corrected chi connectivity index (χ2v) is 9.50. The lowest BCUT2D eigenvalue weighted by atomic mass is 9.95. The average molecular weight is 457 g/mol. The van der Waals surface area contributed by atoms with Gasteiger partial charge in [-0.15, -0.1) is 0 Å². The van der Waals surface area contributed by atoms with Crippen molar-refractivity contribution in [3.8, 4) is 23.0 Å². The molecule has 0 aliphatic carbocycles. The van der Waals surface area contributed by atoms with Gasteiger partial charge in [-0.3, -0.25) is 4.79 Å². The predicted octanol–water partition coefficient (Wildman–Crippen LogP) is 6.33. The molecule has 0 fully saturated rings. The van der Waals surface area contributed by atoms with Crippen molar-refractivity contribution >= 4 is 21.9 Å². The van der Waals surface area contributed by atoms with Crippen LogP contribution in [-0.4, -0.2) is 23.9 Å². The van der Waals surface area contributed by atoms with Crippen LogP contribution in [0.3, 0.4) is 0 Å². The highest BCUT2D eigenvalue weighted by Crippen LogP contribution is 2.41. The number of benzene rings is 2. The Balaban J connectivity index is 2.36. The molecule has 0 aliphatic heterocycles. The van der Waals surface area contributed by atoms with E-state index in [0.29, 0.717) is 59.3 Å². The largest absolute Gasteiger partial charge is 0.507 e. The van der Waals surface area contributed by atoms with E-state index in [1.807, 2.05) is 6.92 Å². The van der Waals surface area contributed by atoms with E-state index >= 15 is 0 Å². The number of ether oxygens (including phenoxy) is 2. The van der Waals surface area contributed by atoms with E-state index in [-0.39, 0.29) is 27.9 Å². The molecule has 0 saturated carbocycles. The van der Waals surface area contributed by atoms with Crippen LogP contribution in [-0.2, 0) is 12.8 Å². The summed E-state index contributed by atoms with van der Waals surface area (Å²) in [7, 11) is 1.57. The lowest BCUT2D eigenvalue weighted by molar-refractivity contribution is 0.293. The van der Waals surface area contributed by atoms with Gasteiger partial charge < -0.3 is 24.1 Å². The highest BCUT2D eigenvalue weighted by Gasteiger charge is 2.24. The number of rotatable bonds is 10. The summed E-state index contributed by atoms with van der Waals surface area (Å²) < 4.78 is 17.7. The molecule has 1 heterocycles. The third-order valence-electron chi connectivity index (χ3n) is 5.94. The molecule has 6 nitrogen and oxygen atoms in total. The van der Waals surface area contributed by atoms with Gasteiger partial charge in [-0.2, -0.15) is 0 Å². The van der Waals surface area contributed by atoms with E-state index in [0.717, 1.165) is 24.8 Å². The summed E-state index contributed by atoms with van der Waals surface area (Å²) in [4.78, 5) is 13.8. The minimum Gasteiger partial charge on any atom is -0.507 e. The SMILES string of the molecule is CCCOc1cc2oc3cc(O)c(CCC(C)C)c(O)c3c(=O)c2c(CCC(C)C)c1OC. The fourth-order valence-corrected chi connectivity index (χ4v) is 4.11. The van der Waals surface area contributed by atoms with Crippen molar-refractivity contribution in [2.45, 2.75) is 66.7 Å². The van der Waals surface area contributed by atoms with Crippen LogP contribution < -0.4 is 14.9 Å². The molecule has 0 aliphatic rings. The number of phenolic OH excluding ortho intramolecular Hbond substituents is 2. The van der Waals surface area contributed by atoms with Gasteiger partial charge in [-0.25, -0.2) is 0 Å². The summed E-state index contributed by atoms with van der Waals surface area (Å²) in [6.07, 6.45) is 3.52. The summed E-state index contributed by atoms with van der Waals surface area (Å²) in [6, 6.07) is 3.10. The average Bonchev–Trinajstić information content (AvgIpc) is 2.74. The van der Waals surface area contributed by atoms with Crippen LogP contribution in [0.5, 0.6) is 23.0 Å². The molecule has 3 aromatic rings. The number of aromatic hydroxyl groups is 2. The number of hydrogen-bond acceptors (Lipinski definition) is 6. The van der Waals surface area contributed by atoms with Crippen LogP contribution in [0.1, 0.15) is 65.0 Å². The number of aryl methyl sites for hydroxylation is 1. The summed E-state index contributed by atoms with van der Waals surface area (Å²) in [5.41, 5.74) is 1.28. The van der Waals surface area contributed by atoms with Gasteiger partial charge in [-0.1, -0.05) is 34.6 Å². The zero-order valence-corrected chi connectivity index (χ0v) is 20.6. The molecular formula is C27H36O6. The third-order valence-corrected chi connectivity index (χ3v) is 5.94. The summed E-state index contributed by atoms with van der Waals surface area (Å²) in [5, 5.41) is 22.0. The Hall–Kier alpha value is -2.89. The normalized spacial score (nSPS) is 11.8. The smallest absolute Gasteiger partial charge is 0.204 e. The molecule has 3 rings (SSSR count). The van der Waals surface area contributed by atoms with Crippen LogP contribution in [0, 0.1) is 11.8 Å². The second-order valence-electron chi connectivity index (χ2n) is 9.50. The first kappa shape index (κ1) is 24.7. The zero-order chi connectivity index (χ0) is 24.3. The van der Waals surface area contributed by atoms with Crippen molar-refractivity contribution in [1.29, 1.82) is 0 Å². The van der Waals surface area contributed by atoms with Crippen molar-refractivity contribution in [3.63, 3.8) is 0 Å². The van der Waals surface area contributed by atoms with Gasteiger partial charge in [0.2, 0.25) is 5.43 Å². The van der Waals surface area contributed by atoms with E-state index in [9.17, 15) is 15.0 Å². The number of hydrogen-bond donors (Lipinski definition) is 2. The molecule has 1 aromatic heterocycles. The first-order chi connectivity index (χ1) is 15.7. The molecule has 0 atom stereocenters. The monoisotopic (exact) mass is 456 g/mol. The molecule has 0 saturated heterocycles. The molecule has 0 unspecified atom stereocenters. The Labute approximate surface area is 195 Å². The topological polar surface area (TPSA) is 89.1 Å². The van der Waals surface area contributed by atoms with Gasteiger partial charge in [0.25, 0.3) is 0 Å². The van der Waals surface area contributed by atoms with Crippen LogP contribution in [0.15, 0.2) is 21.3 Å². The van der Waals surface area contributed by atoms with E-state index in [4.69, 9.17) is 13.9 Å². The molecule has 180 valence electrons. The first-order valence-electron chi connectivity index (χ1n) is 11.9. The number of fused-ring (bicyclic) bond motifs is 2. The predicted molar refractivity (Wildman–Crippen MR) is 132 cm³/mol. The summed E-state index contributed by atoms with van der Waals surface area (Å²) in [5.74, 6) is 1.59. The summed E-state index contributed by atoms with van der Waals surface area (Å²) in [6.45, 7) is 10.9. The molecular weight excluding hydrogens is 420 g/mol. The van der Waals surface area contributed by atoms with E-state index in [2.05, 4.69) is 27.7 Å². The van der Waals surface area contributed by atoms with E-state index < -0.39 is 0 Å². The maximum absolute atomic E-state index is 13.8. The number of phenols is 2. The van der Waals surface area contributed by atoms with Crippen LogP contribution in [0.25, 0.3) is 21.9 Å². The maximum Gasteiger partial charge on any atom is 0.204 e. The molecule has 2 N–H and O–H groups in total.